The summed E-state index contributed by atoms with van der Waals surface area (Å²) in [5, 5.41) is 0. The Bertz CT molecular complexity index is 1010. The van der Waals surface area contributed by atoms with Gasteiger partial charge in [-0.05, 0) is 67.0 Å². The van der Waals surface area contributed by atoms with Crippen LogP contribution in [0.4, 0.5) is 0 Å². The van der Waals surface area contributed by atoms with Crippen LogP contribution in [-0.2, 0) is 11.2 Å². The number of piperidine rings is 1. The summed E-state index contributed by atoms with van der Waals surface area (Å²) in [4.78, 5) is 30.0. The van der Waals surface area contributed by atoms with Crippen LogP contribution in [0, 0.1) is 11.8 Å². The molecule has 34 heavy (non-hydrogen) atoms. The number of nitrogens with zero attached hydrogens (tertiary/aromatic N) is 2. The van der Waals surface area contributed by atoms with Crippen LogP contribution in [0.1, 0.15) is 35.2 Å². The van der Waals surface area contributed by atoms with Crippen LogP contribution in [0.3, 0.4) is 0 Å². The van der Waals surface area contributed by atoms with Gasteiger partial charge in [0.25, 0.3) is 5.91 Å². The number of hydrogen-bond acceptors (Lipinski definition) is 5. The van der Waals surface area contributed by atoms with Crippen molar-refractivity contribution in [2.24, 2.45) is 11.8 Å². The Morgan fingerprint density at radius 1 is 0.941 bits per heavy atom. The number of hydrogen-bond donors (Lipinski definition) is 0. The lowest BCUT2D eigenvalue weighted by molar-refractivity contribution is -0.131. The number of rotatable bonds is 7. The lowest BCUT2D eigenvalue weighted by Crippen LogP contribution is -2.43. The summed E-state index contributed by atoms with van der Waals surface area (Å²) in [6, 6.07) is 13.1. The molecule has 4 rings (SSSR count). The minimum atomic E-state index is 0.0543. The molecule has 0 N–H and O–H groups in total. The quantitative estimate of drug-likeness (QED) is 0.623. The summed E-state index contributed by atoms with van der Waals surface area (Å²) in [5.41, 5.74) is 1.71. The van der Waals surface area contributed by atoms with Crippen LogP contribution in [-0.4, -0.2) is 69.1 Å². The number of ether oxygens (including phenoxy) is 3. The molecule has 7 nitrogen and oxygen atoms in total. The fourth-order valence-corrected chi connectivity index (χ4v) is 5.22. The standard InChI is InChI=1S/C27H34N2O5/c1-32-23-9-7-20(8-10-23)27(31)29-16-12-21-17-25(30)28(15-13-22(21)18-29)14-11-19-5-4-6-24(33-2)26(19)34-3/h4-10,21-22H,11-18H2,1-3H3/t21-,22+/m1/s1. The number of carbonyl (C=O) groups is 2. The number of methoxy groups -OCH3 is 3. The van der Waals surface area contributed by atoms with Crippen molar-refractivity contribution in [3.63, 3.8) is 0 Å². The van der Waals surface area contributed by atoms with Gasteiger partial charge < -0.3 is 24.0 Å². The number of para-hydroxylation sites is 1. The zero-order valence-electron chi connectivity index (χ0n) is 20.3. The number of likely N-dealkylation sites (tertiary alicyclic amines) is 2. The maximum atomic E-state index is 13.0. The van der Waals surface area contributed by atoms with E-state index in [0.717, 1.165) is 36.4 Å². The predicted octanol–water partition coefficient (Wildman–Crippen LogP) is 3.66. The summed E-state index contributed by atoms with van der Waals surface area (Å²) in [5.74, 6) is 3.12. The fourth-order valence-electron chi connectivity index (χ4n) is 5.22. The Morgan fingerprint density at radius 3 is 2.41 bits per heavy atom. The first kappa shape index (κ1) is 23.9. The smallest absolute Gasteiger partial charge is 0.253 e. The molecule has 2 aliphatic rings. The summed E-state index contributed by atoms with van der Waals surface area (Å²) < 4.78 is 16.1. The maximum Gasteiger partial charge on any atom is 0.253 e. The van der Waals surface area contributed by atoms with Crippen molar-refractivity contribution in [2.75, 3.05) is 47.5 Å². The van der Waals surface area contributed by atoms with Crippen molar-refractivity contribution in [1.82, 2.24) is 9.80 Å². The Hall–Kier alpha value is -3.22. The molecular weight excluding hydrogens is 432 g/mol. The first-order valence-electron chi connectivity index (χ1n) is 11.9. The Labute approximate surface area is 201 Å². The number of fused-ring (bicyclic) bond motifs is 1. The molecule has 2 aliphatic heterocycles. The highest BCUT2D eigenvalue weighted by Gasteiger charge is 2.36. The second-order valence-electron chi connectivity index (χ2n) is 9.06. The molecule has 0 saturated carbocycles. The average molecular weight is 467 g/mol. The molecule has 2 amide bonds. The van der Waals surface area contributed by atoms with Crippen LogP contribution in [0.5, 0.6) is 17.2 Å². The Morgan fingerprint density at radius 2 is 1.71 bits per heavy atom. The molecule has 2 fully saturated rings. The van der Waals surface area contributed by atoms with Gasteiger partial charge in [-0.15, -0.1) is 0 Å². The van der Waals surface area contributed by atoms with Crippen molar-refractivity contribution in [1.29, 1.82) is 0 Å². The number of benzene rings is 2. The van der Waals surface area contributed by atoms with Crippen LogP contribution >= 0.6 is 0 Å². The monoisotopic (exact) mass is 466 g/mol. The fraction of sp³-hybridized carbons (Fsp3) is 0.481. The second-order valence-corrected chi connectivity index (χ2v) is 9.06. The molecule has 0 unspecified atom stereocenters. The number of amides is 2. The topological polar surface area (TPSA) is 68.3 Å². The van der Waals surface area contributed by atoms with E-state index in [1.807, 2.05) is 52.3 Å². The zero-order chi connectivity index (χ0) is 24.1. The molecule has 0 aliphatic carbocycles. The summed E-state index contributed by atoms with van der Waals surface area (Å²) in [7, 11) is 4.89. The molecule has 2 saturated heterocycles. The van der Waals surface area contributed by atoms with E-state index in [1.165, 1.54) is 0 Å². The third-order valence-electron chi connectivity index (χ3n) is 7.21. The minimum Gasteiger partial charge on any atom is -0.497 e. The highest BCUT2D eigenvalue weighted by atomic mass is 16.5. The van der Waals surface area contributed by atoms with Gasteiger partial charge >= 0.3 is 0 Å². The van der Waals surface area contributed by atoms with E-state index in [4.69, 9.17) is 14.2 Å². The van der Waals surface area contributed by atoms with Gasteiger partial charge in [0, 0.05) is 38.2 Å². The zero-order valence-corrected chi connectivity index (χ0v) is 20.3. The van der Waals surface area contributed by atoms with Crippen LogP contribution < -0.4 is 14.2 Å². The van der Waals surface area contributed by atoms with E-state index in [2.05, 4.69) is 0 Å². The molecule has 7 heteroatoms. The average Bonchev–Trinajstić information content (AvgIpc) is 3.04. The number of carbonyl (C=O) groups excluding carboxylic acids is 2. The highest BCUT2D eigenvalue weighted by Crippen LogP contribution is 2.34. The molecule has 0 spiro atoms. The van der Waals surface area contributed by atoms with E-state index in [1.54, 1.807) is 21.3 Å². The van der Waals surface area contributed by atoms with Gasteiger partial charge in [-0.1, -0.05) is 12.1 Å². The van der Waals surface area contributed by atoms with Gasteiger partial charge in [-0.2, -0.15) is 0 Å². The second kappa shape index (κ2) is 10.8. The SMILES string of the molecule is COc1ccc(C(=O)N2CC[C@@H]3CC(=O)N(CCc4cccc(OC)c4OC)CC[C@H]3C2)cc1. The van der Waals surface area contributed by atoms with E-state index in [9.17, 15) is 9.59 Å². The Kier molecular flexibility index (Phi) is 7.60. The maximum absolute atomic E-state index is 13.0. The van der Waals surface area contributed by atoms with Crippen molar-refractivity contribution in [3.05, 3.63) is 53.6 Å². The molecule has 2 aromatic carbocycles. The first-order valence-corrected chi connectivity index (χ1v) is 11.9. The molecule has 0 bridgehead atoms. The van der Waals surface area contributed by atoms with Crippen LogP contribution in [0.2, 0.25) is 0 Å². The van der Waals surface area contributed by atoms with Gasteiger partial charge in [0.05, 0.1) is 21.3 Å². The van der Waals surface area contributed by atoms with Crippen LogP contribution in [0.15, 0.2) is 42.5 Å². The van der Waals surface area contributed by atoms with Gasteiger partial charge in [0.1, 0.15) is 5.75 Å². The van der Waals surface area contributed by atoms with Gasteiger partial charge in [0.15, 0.2) is 11.5 Å². The molecule has 0 aromatic heterocycles. The summed E-state index contributed by atoms with van der Waals surface area (Å²) in [6.45, 7) is 2.77. The predicted molar refractivity (Wildman–Crippen MR) is 130 cm³/mol. The lowest BCUT2D eigenvalue weighted by Gasteiger charge is -2.37. The summed E-state index contributed by atoms with van der Waals surface area (Å²) in [6.07, 6.45) is 3.06. The third kappa shape index (κ3) is 5.13. The Balaban J connectivity index is 1.37. The first-order chi connectivity index (χ1) is 16.5. The normalized spacial score (nSPS) is 20.4. The van der Waals surface area contributed by atoms with E-state index in [-0.39, 0.29) is 11.8 Å². The van der Waals surface area contributed by atoms with E-state index in [0.29, 0.717) is 55.6 Å². The summed E-state index contributed by atoms with van der Waals surface area (Å²) >= 11 is 0. The molecule has 2 aromatic rings. The molecular formula is C27H34N2O5. The van der Waals surface area contributed by atoms with Gasteiger partial charge in [-0.25, -0.2) is 0 Å². The van der Waals surface area contributed by atoms with Crippen LogP contribution in [0.25, 0.3) is 0 Å². The van der Waals surface area contributed by atoms with E-state index < -0.39 is 0 Å². The van der Waals surface area contributed by atoms with Gasteiger partial charge in [-0.3, -0.25) is 9.59 Å². The molecule has 2 heterocycles. The molecule has 182 valence electrons. The largest absolute Gasteiger partial charge is 0.497 e. The molecule has 2 atom stereocenters. The van der Waals surface area contributed by atoms with Crippen molar-refractivity contribution >= 4 is 11.8 Å². The lowest BCUT2D eigenvalue weighted by atomic mass is 9.82. The van der Waals surface area contributed by atoms with Gasteiger partial charge in [0.2, 0.25) is 5.91 Å². The van der Waals surface area contributed by atoms with E-state index >= 15 is 0 Å². The van der Waals surface area contributed by atoms with Crippen molar-refractivity contribution in [3.8, 4) is 17.2 Å². The highest BCUT2D eigenvalue weighted by molar-refractivity contribution is 5.94. The minimum absolute atomic E-state index is 0.0543. The van der Waals surface area contributed by atoms with Crippen molar-refractivity contribution < 1.29 is 23.8 Å². The third-order valence-corrected chi connectivity index (χ3v) is 7.21. The van der Waals surface area contributed by atoms with Crippen molar-refractivity contribution in [2.45, 2.75) is 25.7 Å². The molecule has 0 radical (unpaired) electrons.